The first kappa shape index (κ1) is 27.7. The van der Waals surface area contributed by atoms with E-state index in [-0.39, 0.29) is 24.4 Å². The highest BCUT2D eigenvalue weighted by molar-refractivity contribution is 5.98. The lowest BCUT2D eigenvalue weighted by molar-refractivity contribution is -0.240. The highest BCUT2D eigenvalue weighted by Crippen LogP contribution is 2.63. The molecule has 42 heavy (non-hydrogen) atoms. The van der Waals surface area contributed by atoms with E-state index in [1.54, 1.807) is 30.3 Å². The van der Waals surface area contributed by atoms with Gasteiger partial charge in [0.2, 0.25) is 0 Å². The van der Waals surface area contributed by atoms with E-state index >= 15 is 0 Å². The van der Waals surface area contributed by atoms with Crippen molar-refractivity contribution in [2.75, 3.05) is 6.61 Å². The van der Waals surface area contributed by atoms with Crippen LogP contribution >= 0.6 is 0 Å². The van der Waals surface area contributed by atoms with Gasteiger partial charge in [0.25, 0.3) is 0 Å². The minimum Gasteiger partial charge on any atom is -0.489 e. The Kier molecular flexibility index (Phi) is 6.77. The van der Waals surface area contributed by atoms with Gasteiger partial charge >= 0.3 is 0 Å². The quantitative estimate of drug-likeness (QED) is 0.212. The molecule has 0 saturated heterocycles. The smallest absolute Gasteiger partial charge is 0.182 e. The molecule has 8 heteroatoms. The normalized spacial score (nSPS) is 25.9. The molecule has 5 N–H and O–H groups in total. The number of carbonyl (C=O) groups excluding carboxylic acids is 1. The molecule has 4 aliphatic rings. The molecule has 2 heterocycles. The lowest BCUT2D eigenvalue weighted by Gasteiger charge is -2.40. The van der Waals surface area contributed by atoms with Gasteiger partial charge in [-0.05, 0) is 41.5 Å². The Balaban J connectivity index is 1.38. The van der Waals surface area contributed by atoms with Gasteiger partial charge in [-0.15, -0.1) is 0 Å². The third-order valence-electron chi connectivity index (χ3n) is 10.0. The summed E-state index contributed by atoms with van der Waals surface area (Å²) in [6.07, 6.45) is 1.07. The highest BCUT2D eigenvalue weighted by atomic mass is 16.6. The number of fused-ring (bicyclic) bond motifs is 10. The Labute approximate surface area is 244 Å². The highest BCUT2D eigenvalue weighted by Gasteiger charge is 2.56. The first-order chi connectivity index (χ1) is 20.3. The second kappa shape index (κ2) is 10.3. The van der Waals surface area contributed by atoms with Crippen LogP contribution in [0.5, 0.6) is 5.75 Å². The van der Waals surface area contributed by atoms with Crippen LogP contribution in [0, 0.1) is 11.8 Å². The number of aliphatic hydroxyl groups is 5. The number of benzene rings is 3. The van der Waals surface area contributed by atoms with Crippen LogP contribution in [0.15, 0.2) is 54.6 Å². The van der Waals surface area contributed by atoms with Crippen molar-refractivity contribution in [3.05, 3.63) is 88.0 Å². The fourth-order valence-electron chi connectivity index (χ4n) is 7.97. The molecule has 8 nitrogen and oxygen atoms in total. The van der Waals surface area contributed by atoms with Crippen LogP contribution in [0.25, 0.3) is 11.1 Å². The molecule has 0 spiro atoms. The lowest BCUT2D eigenvalue weighted by Crippen LogP contribution is -2.53. The molecule has 7 unspecified atom stereocenters. The molecule has 3 aromatic rings. The lowest BCUT2D eigenvalue weighted by atomic mass is 9.73. The fraction of sp³-hybridized carbons (Fsp3) is 0.441. The van der Waals surface area contributed by atoms with Gasteiger partial charge < -0.3 is 35.0 Å². The van der Waals surface area contributed by atoms with Gasteiger partial charge in [0.15, 0.2) is 17.9 Å². The summed E-state index contributed by atoms with van der Waals surface area (Å²) in [5.41, 5.74) is 5.49. The summed E-state index contributed by atoms with van der Waals surface area (Å²) >= 11 is 0. The fourth-order valence-corrected chi connectivity index (χ4v) is 7.97. The van der Waals surface area contributed by atoms with Crippen LogP contribution in [0.1, 0.15) is 88.9 Å². The van der Waals surface area contributed by atoms with Crippen molar-refractivity contribution in [3.8, 4) is 16.9 Å². The first-order valence-electron chi connectivity index (χ1n) is 14.9. The van der Waals surface area contributed by atoms with E-state index in [0.717, 1.165) is 53.5 Å². The number of hydrogen-bond acceptors (Lipinski definition) is 8. The molecule has 1 saturated carbocycles. The van der Waals surface area contributed by atoms with Crippen LogP contribution in [-0.4, -0.2) is 55.9 Å². The predicted molar refractivity (Wildman–Crippen MR) is 153 cm³/mol. The number of carbonyl (C=O) groups is 1. The number of ketones is 1. The second-order valence-electron chi connectivity index (χ2n) is 12.2. The standard InChI is InChI=1S/C34H36O8/c1-17(30(36)18-9-3-2-4-10-18)31(37)23(15-35)34(39,40)29-20-12-6-5-11-19(20)25-22-16-41-33(38)27(22)26-21-13-7-8-14-24(21)42-32(26)28(25)29/h2-6,9-12,17,21,23-24,29,31,33,35,37-40H,7-8,13-16H2,1H3. The van der Waals surface area contributed by atoms with Gasteiger partial charge in [-0.2, -0.15) is 0 Å². The Morgan fingerprint density at radius 1 is 1.00 bits per heavy atom. The summed E-state index contributed by atoms with van der Waals surface area (Å²) in [5.74, 6) is -6.03. The third kappa shape index (κ3) is 3.93. The predicted octanol–water partition coefficient (Wildman–Crippen LogP) is 3.91. The molecular weight excluding hydrogens is 536 g/mol. The molecule has 0 aromatic heterocycles. The van der Waals surface area contributed by atoms with Crippen LogP contribution in [-0.2, 0) is 11.3 Å². The third-order valence-corrected chi connectivity index (χ3v) is 10.0. The van der Waals surface area contributed by atoms with E-state index in [1.165, 1.54) is 6.92 Å². The van der Waals surface area contributed by atoms with Crippen molar-refractivity contribution >= 4 is 5.78 Å². The van der Waals surface area contributed by atoms with Crippen molar-refractivity contribution in [1.29, 1.82) is 0 Å². The topological polar surface area (TPSA) is 137 Å². The van der Waals surface area contributed by atoms with Crippen molar-refractivity contribution in [3.63, 3.8) is 0 Å². The van der Waals surface area contributed by atoms with E-state index in [4.69, 9.17) is 9.47 Å². The molecule has 1 fully saturated rings. The minimum atomic E-state index is -2.67. The van der Waals surface area contributed by atoms with Gasteiger partial charge in [0, 0.05) is 34.1 Å². The summed E-state index contributed by atoms with van der Waals surface area (Å²) in [5, 5.41) is 57.2. The molecular formula is C34H36O8. The van der Waals surface area contributed by atoms with Gasteiger partial charge in [-0.25, -0.2) is 0 Å². The average molecular weight is 573 g/mol. The van der Waals surface area contributed by atoms with Crippen LogP contribution in [0.4, 0.5) is 0 Å². The maximum Gasteiger partial charge on any atom is 0.182 e. The molecule has 0 radical (unpaired) electrons. The van der Waals surface area contributed by atoms with Crippen molar-refractivity contribution in [2.24, 2.45) is 11.8 Å². The van der Waals surface area contributed by atoms with Gasteiger partial charge in [-0.3, -0.25) is 4.79 Å². The molecule has 0 bridgehead atoms. The van der Waals surface area contributed by atoms with E-state index in [0.29, 0.717) is 22.4 Å². The Hall–Kier alpha value is -3.11. The number of Topliss-reactive ketones (excluding diaryl/α,β-unsaturated/α-hetero) is 1. The zero-order valence-corrected chi connectivity index (χ0v) is 23.4. The monoisotopic (exact) mass is 572 g/mol. The van der Waals surface area contributed by atoms with E-state index in [9.17, 15) is 30.3 Å². The molecule has 2 aliphatic heterocycles. The van der Waals surface area contributed by atoms with Crippen LogP contribution in [0.2, 0.25) is 0 Å². The summed E-state index contributed by atoms with van der Waals surface area (Å²) in [6.45, 7) is 0.936. The van der Waals surface area contributed by atoms with E-state index in [1.807, 2.05) is 24.3 Å². The number of aliphatic hydroxyl groups excluding tert-OH is 3. The minimum absolute atomic E-state index is 0.0584. The van der Waals surface area contributed by atoms with Gasteiger partial charge in [-0.1, -0.05) is 67.9 Å². The average Bonchev–Trinajstić information content (AvgIpc) is 3.68. The Morgan fingerprint density at radius 2 is 1.71 bits per heavy atom. The van der Waals surface area contributed by atoms with Gasteiger partial charge in [0.05, 0.1) is 31.2 Å². The second-order valence-corrected chi connectivity index (χ2v) is 12.2. The van der Waals surface area contributed by atoms with E-state index in [2.05, 4.69) is 0 Å². The number of hydrogen-bond donors (Lipinski definition) is 5. The van der Waals surface area contributed by atoms with E-state index < -0.39 is 42.5 Å². The number of rotatable bonds is 7. The number of ether oxygens (including phenoxy) is 2. The molecule has 2 aliphatic carbocycles. The molecule has 3 aromatic carbocycles. The van der Waals surface area contributed by atoms with Crippen LogP contribution < -0.4 is 4.74 Å². The molecule has 7 rings (SSSR count). The summed E-state index contributed by atoms with van der Waals surface area (Å²) < 4.78 is 12.4. The first-order valence-corrected chi connectivity index (χ1v) is 14.9. The maximum absolute atomic E-state index is 13.2. The van der Waals surface area contributed by atoms with Crippen molar-refractivity contribution < 1.29 is 39.8 Å². The molecule has 7 atom stereocenters. The van der Waals surface area contributed by atoms with Crippen LogP contribution in [0.3, 0.4) is 0 Å². The molecule has 0 amide bonds. The summed E-state index contributed by atoms with van der Waals surface area (Å²) in [4.78, 5) is 13.2. The van der Waals surface area contributed by atoms with Crippen molar-refractivity contribution in [2.45, 2.75) is 75.3 Å². The van der Waals surface area contributed by atoms with Gasteiger partial charge in [0.1, 0.15) is 11.9 Å². The Bertz CT molecular complexity index is 1530. The maximum atomic E-state index is 13.2. The SMILES string of the molecule is CC(C(=O)c1ccccc1)C(O)C(CO)C(O)(O)C1c2ccccc2-c2c3c(c4c(c21)OC1CCCCC41)C(O)OC3. The Morgan fingerprint density at radius 3 is 2.48 bits per heavy atom. The zero-order chi connectivity index (χ0) is 29.3. The summed E-state index contributed by atoms with van der Waals surface area (Å²) in [6, 6.07) is 15.9. The summed E-state index contributed by atoms with van der Waals surface area (Å²) in [7, 11) is 0. The zero-order valence-electron chi connectivity index (χ0n) is 23.4. The largest absolute Gasteiger partial charge is 0.489 e. The molecule has 220 valence electrons. The van der Waals surface area contributed by atoms with Crippen molar-refractivity contribution in [1.82, 2.24) is 0 Å².